The van der Waals surface area contributed by atoms with Crippen LogP contribution in [0.2, 0.25) is 0 Å². The Hall–Kier alpha value is -0.480. The van der Waals surface area contributed by atoms with Crippen LogP contribution in [0.3, 0.4) is 0 Å². The van der Waals surface area contributed by atoms with Crippen LogP contribution in [0, 0.1) is 6.92 Å². The van der Waals surface area contributed by atoms with Crippen molar-refractivity contribution in [2.24, 2.45) is 0 Å². The minimum absolute atomic E-state index is 0.650. The molecule has 82 valence electrons. The second-order valence-corrected chi connectivity index (χ2v) is 5.55. The molecule has 1 aromatic heterocycles. The third kappa shape index (κ3) is 1.60. The Labute approximate surface area is 94.6 Å². The summed E-state index contributed by atoms with van der Waals surface area (Å²) >= 11 is 2.06. The van der Waals surface area contributed by atoms with Crippen molar-refractivity contribution in [2.75, 3.05) is 18.1 Å². The summed E-state index contributed by atoms with van der Waals surface area (Å²) in [7, 11) is 0. The first-order chi connectivity index (χ1) is 7.36. The van der Waals surface area contributed by atoms with E-state index in [9.17, 15) is 0 Å². The van der Waals surface area contributed by atoms with E-state index in [0.29, 0.717) is 6.04 Å². The highest BCUT2D eigenvalue weighted by molar-refractivity contribution is 7.99. The molecule has 1 fully saturated rings. The van der Waals surface area contributed by atoms with E-state index in [0.717, 1.165) is 19.5 Å². The molecule has 15 heavy (non-hydrogen) atoms. The second-order valence-electron chi connectivity index (χ2n) is 4.40. The van der Waals surface area contributed by atoms with Gasteiger partial charge in [-0.2, -0.15) is 16.9 Å². The van der Waals surface area contributed by atoms with Crippen LogP contribution in [0.5, 0.6) is 0 Å². The third-order valence-corrected chi connectivity index (χ3v) is 4.56. The molecule has 4 heteroatoms. The standard InChI is InChI=1S/C11H17N3S/c1-8-10-2-4-12-6-11(10)14(13-8)9-3-5-15-7-9/h9,12H,2-7H2,1H3. The van der Waals surface area contributed by atoms with E-state index >= 15 is 0 Å². The topological polar surface area (TPSA) is 29.9 Å². The molecule has 0 bridgehead atoms. The molecule has 1 aromatic rings. The van der Waals surface area contributed by atoms with Gasteiger partial charge in [-0.25, -0.2) is 0 Å². The number of thioether (sulfide) groups is 1. The summed E-state index contributed by atoms with van der Waals surface area (Å²) in [5.41, 5.74) is 4.21. The highest BCUT2D eigenvalue weighted by Crippen LogP contribution is 2.30. The summed E-state index contributed by atoms with van der Waals surface area (Å²) in [4.78, 5) is 0. The van der Waals surface area contributed by atoms with Crippen molar-refractivity contribution >= 4 is 11.8 Å². The van der Waals surface area contributed by atoms with Crippen LogP contribution in [0.15, 0.2) is 0 Å². The van der Waals surface area contributed by atoms with Crippen LogP contribution >= 0.6 is 11.8 Å². The van der Waals surface area contributed by atoms with E-state index in [1.54, 1.807) is 0 Å². The van der Waals surface area contributed by atoms with Crippen molar-refractivity contribution in [1.82, 2.24) is 15.1 Å². The van der Waals surface area contributed by atoms with Gasteiger partial charge in [0, 0.05) is 12.3 Å². The minimum atomic E-state index is 0.650. The van der Waals surface area contributed by atoms with E-state index in [1.807, 2.05) is 0 Å². The zero-order valence-corrected chi connectivity index (χ0v) is 9.94. The van der Waals surface area contributed by atoms with Gasteiger partial charge in [-0.05, 0) is 37.6 Å². The molecule has 3 nitrogen and oxygen atoms in total. The average molecular weight is 223 g/mol. The maximum atomic E-state index is 4.74. The van der Waals surface area contributed by atoms with Crippen molar-refractivity contribution in [3.8, 4) is 0 Å². The molecular formula is C11H17N3S. The van der Waals surface area contributed by atoms with Crippen LogP contribution in [0.4, 0.5) is 0 Å². The summed E-state index contributed by atoms with van der Waals surface area (Å²) in [6.45, 7) is 4.28. The van der Waals surface area contributed by atoms with Crippen molar-refractivity contribution in [3.05, 3.63) is 17.0 Å². The van der Waals surface area contributed by atoms with Crippen molar-refractivity contribution in [3.63, 3.8) is 0 Å². The molecule has 1 atom stereocenters. The van der Waals surface area contributed by atoms with Gasteiger partial charge in [-0.15, -0.1) is 0 Å². The van der Waals surface area contributed by atoms with Crippen LogP contribution in [-0.4, -0.2) is 27.8 Å². The summed E-state index contributed by atoms with van der Waals surface area (Å²) in [5, 5.41) is 8.19. The number of aryl methyl sites for hydroxylation is 1. The molecule has 0 aliphatic carbocycles. The molecule has 1 N–H and O–H groups in total. The predicted octanol–water partition coefficient (Wildman–Crippen LogP) is 1.52. The normalized spacial score (nSPS) is 25.5. The predicted molar refractivity (Wildman–Crippen MR) is 63.4 cm³/mol. The number of aromatic nitrogens is 2. The van der Waals surface area contributed by atoms with Crippen molar-refractivity contribution in [2.45, 2.75) is 32.4 Å². The fraction of sp³-hybridized carbons (Fsp3) is 0.727. The Balaban J connectivity index is 1.99. The van der Waals surface area contributed by atoms with Crippen molar-refractivity contribution < 1.29 is 0 Å². The first-order valence-corrected chi connectivity index (χ1v) is 6.87. The maximum Gasteiger partial charge on any atom is 0.0629 e. The number of nitrogens with one attached hydrogen (secondary N) is 1. The van der Waals surface area contributed by atoms with Gasteiger partial charge < -0.3 is 5.32 Å². The van der Waals surface area contributed by atoms with Crippen LogP contribution in [0.25, 0.3) is 0 Å². The first-order valence-electron chi connectivity index (χ1n) is 5.71. The average Bonchev–Trinajstić information content (AvgIpc) is 2.87. The molecule has 0 radical (unpaired) electrons. The van der Waals surface area contributed by atoms with Crippen LogP contribution in [-0.2, 0) is 13.0 Å². The van der Waals surface area contributed by atoms with E-state index in [1.165, 1.54) is 34.9 Å². The monoisotopic (exact) mass is 223 g/mol. The van der Waals surface area contributed by atoms with Gasteiger partial charge in [0.2, 0.25) is 0 Å². The first kappa shape index (κ1) is 9.73. The molecule has 0 spiro atoms. The highest BCUT2D eigenvalue weighted by atomic mass is 32.2. The molecule has 2 aliphatic heterocycles. The highest BCUT2D eigenvalue weighted by Gasteiger charge is 2.25. The molecule has 1 unspecified atom stereocenters. The lowest BCUT2D eigenvalue weighted by Gasteiger charge is -2.18. The van der Waals surface area contributed by atoms with Gasteiger partial charge in [0.15, 0.2) is 0 Å². The number of hydrogen-bond acceptors (Lipinski definition) is 3. The molecule has 1 saturated heterocycles. The Kier molecular flexibility index (Phi) is 2.48. The lowest BCUT2D eigenvalue weighted by Crippen LogP contribution is -2.26. The van der Waals surface area contributed by atoms with E-state index in [4.69, 9.17) is 5.10 Å². The van der Waals surface area contributed by atoms with Gasteiger partial charge >= 0.3 is 0 Å². The zero-order chi connectivity index (χ0) is 10.3. The fourth-order valence-corrected chi connectivity index (χ4v) is 3.76. The summed E-state index contributed by atoms with van der Waals surface area (Å²) in [6.07, 6.45) is 2.44. The van der Waals surface area contributed by atoms with Crippen molar-refractivity contribution in [1.29, 1.82) is 0 Å². The van der Waals surface area contributed by atoms with Gasteiger partial charge in [0.1, 0.15) is 0 Å². The largest absolute Gasteiger partial charge is 0.311 e. The molecule has 0 aromatic carbocycles. The zero-order valence-electron chi connectivity index (χ0n) is 9.12. The Bertz CT molecular complexity index is 366. The quantitative estimate of drug-likeness (QED) is 0.783. The summed E-state index contributed by atoms with van der Waals surface area (Å²) in [5.74, 6) is 2.54. The Morgan fingerprint density at radius 3 is 3.27 bits per heavy atom. The summed E-state index contributed by atoms with van der Waals surface area (Å²) < 4.78 is 2.30. The number of rotatable bonds is 1. The molecular weight excluding hydrogens is 206 g/mol. The number of fused-ring (bicyclic) bond motifs is 1. The smallest absolute Gasteiger partial charge is 0.0629 e. The van der Waals surface area contributed by atoms with Gasteiger partial charge in [0.05, 0.1) is 17.4 Å². The maximum absolute atomic E-state index is 4.74. The Morgan fingerprint density at radius 2 is 2.47 bits per heavy atom. The van der Waals surface area contributed by atoms with Gasteiger partial charge in [-0.1, -0.05) is 0 Å². The van der Waals surface area contributed by atoms with Crippen LogP contribution in [0.1, 0.15) is 29.4 Å². The van der Waals surface area contributed by atoms with Crippen LogP contribution < -0.4 is 5.32 Å². The lowest BCUT2D eigenvalue weighted by molar-refractivity contribution is 0.463. The van der Waals surface area contributed by atoms with Gasteiger partial charge in [-0.3, -0.25) is 4.68 Å². The molecule has 2 aliphatic rings. The summed E-state index contributed by atoms with van der Waals surface area (Å²) in [6, 6.07) is 0.650. The second kappa shape index (κ2) is 3.83. The fourth-order valence-electron chi connectivity index (χ4n) is 2.58. The number of nitrogens with zero attached hydrogens (tertiary/aromatic N) is 2. The Morgan fingerprint density at radius 1 is 1.53 bits per heavy atom. The molecule has 0 amide bonds. The molecule has 0 saturated carbocycles. The minimum Gasteiger partial charge on any atom is -0.311 e. The lowest BCUT2D eigenvalue weighted by atomic mass is 10.1. The third-order valence-electron chi connectivity index (χ3n) is 3.42. The molecule has 3 heterocycles. The molecule has 3 rings (SSSR count). The van der Waals surface area contributed by atoms with E-state index in [-0.39, 0.29) is 0 Å². The van der Waals surface area contributed by atoms with E-state index in [2.05, 4.69) is 28.7 Å². The SMILES string of the molecule is Cc1nn(C2CCSC2)c2c1CCNC2. The number of hydrogen-bond donors (Lipinski definition) is 1. The van der Waals surface area contributed by atoms with E-state index < -0.39 is 0 Å². The van der Waals surface area contributed by atoms with Gasteiger partial charge in [0.25, 0.3) is 0 Å².